The summed E-state index contributed by atoms with van der Waals surface area (Å²) in [5, 5.41) is 9.21. The molecule has 12 heteroatoms. The first-order valence-electron chi connectivity index (χ1n) is 12.4. The molecule has 7 nitrogen and oxygen atoms in total. The first-order chi connectivity index (χ1) is 18.3. The highest BCUT2D eigenvalue weighted by Crippen LogP contribution is 2.30. The molecule has 0 fully saturated rings. The molecule has 0 aliphatic carbocycles. The summed E-state index contributed by atoms with van der Waals surface area (Å²) >= 11 is 0. The average Bonchev–Trinajstić information content (AvgIpc) is 2.85. The van der Waals surface area contributed by atoms with Gasteiger partial charge in [0.05, 0.1) is 12.1 Å². The van der Waals surface area contributed by atoms with Crippen LogP contribution in [0.15, 0.2) is 48.5 Å². The fourth-order valence-electron chi connectivity index (χ4n) is 3.54. The van der Waals surface area contributed by atoms with Crippen molar-refractivity contribution in [3.63, 3.8) is 0 Å². The number of nitrogens with zero attached hydrogens (tertiary/aromatic N) is 1. The number of hydrogen-bond donors (Lipinski definition) is 1. The van der Waals surface area contributed by atoms with Crippen LogP contribution in [0.2, 0.25) is 0 Å². The van der Waals surface area contributed by atoms with Crippen molar-refractivity contribution in [2.24, 2.45) is 0 Å². The van der Waals surface area contributed by atoms with Crippen molar-refractivity contribution in [2.45, 2.75) is 57.7 Å². The van der Waals surface area contributed by atoms with Gasteiger partial charge in [-0.3, -0.25) is 0 Å². The Balaban J connectivity index is 1.97. The summed E-state index contributed by atoms with van der Waals surface area (Å²) < 4.78 is 80.7. The Kier molecular flexibility index (Phi) is 12.0. The number of unbranched alkanes of at least 4 members (excludes halogenated alkanes) is 1. The number of rotatable bonds is 15. The Morgan fingerprint density at radius 2 is 1.54 bits per heavy atom. The van der Waals surface area contributed by atoms with E-state index in [4.69, 9.17) is 14.2 Å². The van der Waals surface area contributed by atoms with Crippen LogP contribution in [0.1, 0.15) is 44.2 Å². The molecule has 0 spiro atoms. The molecule has 216 valence electrons. The van der Waals surface area contributed by atoms with E-state index in [0.29, 0.717) is 5.75 Å². The number of hydrogen-bond acceptors (Lipinski definition) is 5. The average molecular weight is 562 g/mol. The molecule has 0 saturated carbocycles. The largest absolute Gasteiger partial charge is 0.492 e. The second-order valence-electron chi connectivity index (χ2n) is 8.88. The smallest absolute Gasteiger partial charge is 0.416 e. The number of amides is 1. The SMILES string of the molecule is CCOC(Cc1ccc(OCCN(CCCCC(C)(F)F)C(=O)Oc2ccc(C(F)(F)F)cc2)cc1)C(=O)O. The Hall–Kier alpha value is -3.41. The van der Waals surface area contributed by atoms with Gasteiger partial charge in [0.2, 0.25) is 5.92 Å². The minimum Gasteiger partial charge on any atom is -0.492 e. The van der Waals surface area contributed by atoms with Crippen LogP contribution < -0.4 is 9.47 Å². The number of benzene rings is 2. The van der Waals surface area contributed by atoms with Crippen molar-refractivity contribution in [2.75, 3.05) is 26.3 Å². The lowest BCUT2D eigenvalue weighted by Crippen LogP contribution is -2.37. The molecule has 1 atom stereocenters. The van der Waals surface area contributed by atoms with Gasteiger partial charge >= 0.3 is 18.2 Å². The third-order valence-corrected chi connectivity index (χ3v) is 5.56. The normalized spacial score (nSPS) is 12.6. The number of halogens is 5. The van der Waals surface area contributed by atoms with Crippen LogP contribution in [0.25, 0.3) is 0 Å². The number of carboxylic acids is 1. The number of ether oxygens (including phenoxy) is 3. The van der Waals surface area contributed by atoms with Crippen molar-refractivity contribution in [1.29, 1.82) is 0 Å². The van der Waals surface area contributed by atoms with Crippen molar-refractivity contribution in [1.82, 2.24) is 4.90 Å². The van der Waals surface area contributed by atoms with Gasteiger partial charge in [-0.15, -0.1) is 0 Å². The first kappa shape index (κ1) is 31.8. The third-order valence-electron chi connectivity index (χ3n) is 5.56. The molecule has 0 aliphatic rings. The molecule has 1 unspecified atom stereocenters. The Morgan fingerprint density at radius 3 is 2.08 bits per heavy atom. The fraction of sp³-hybridized carbons (Fsp3) is 0.481. The molecule has 2 aromatic rings. The van der Waals surface area contributed by atoms with Gasteiger partial charge < -0.3 is 24.2 Å². The predicted octanol–water partition coefficient (Wildman–Crippen LogP) is 6.44. The molecule has 0 saturated heterocycles. The molecule has 0 radical (unpaired) electrons. The Morgan fingerprint density at radius 1 is 0.923 bits per heavy atom. The van der Waals surface area contributed by atoms with Crippen molar-refractivity contribution in [3.8, 4) is 11.5 Å². The van der Waals surface area contributed by atoms with E-state index in [-0.39, 0.29) is 57.7 Å². The quantitative estimate of drug-likeness (QED) is 0.199. The minimum atomic E-state index is -4.54. The van der Waals surface area contributed by atoms with Gasteiger partial charge in [-0.1, -0.05) is 12.1 Å². The third kappa shape index (κ3) is 11.9. The second-order valence-corrected chi connectivity index (χ2v) is 8.88. The van der Waals surface area contributed by atoms with Crippen LogP contribution >= 0.6 is 0 Å². The van der Waals surface area contributed by atoms with Gasteiger partial charge in [-0.2, -0.15) is 13.2 Å². The van der Waals surface area contributed by atoms with E-state index in [2.05, 4.69) is 0 Å². The number of carboxylic acid groups (broad SMARTS) is 1. The minimum absolute atomic E-state index is 0.0160. The zero-order chi connectivity index (χ0) is 29.1. The highest BCUT2D eigenvalue weighted by atomic mass is 19.4. The van der Waals surface area contributed by atoms with Crippen LogP contribution in [-0.2, 0) is 22.1 Å². The summed E-state index contributed by atoms with van der Waals surface area (Å²) in [6.07, 6.45) is -6.15. The van der Waals surface area contributed by atoms with Crippen LogP contribution in [0.3, 0.4) is 0 Å². The number of carbonyl (C=O) groups excluding carboxylic acids is 1. The van der Waals surface area contributed by atoms with Gasteiger partial charge in [0.15, 0.2) is 6.10 Å². The lowest BCUT2D eigenvalue weighted by atomic mass is 10.1. The number of aliphatic carboxylic acids is 1. The fourth-order valence-corrected chi connectivity index (χ4v) is 3.54. The van der Waals surface area contributed by atoms with E-state index in [0.717, 1.165) is 36.8 Å². The van der Waals surface area contributed by atoms with Crippen molar-refractivity contribution < 1.29 is 50.9 Å². The summed E-state index contributed by atoms with van der Waals surface area (Å²) in [5.41, 5.74) is -0.173. The maximum absolute atomic E-state index is 13.1. The van der Waals surface area contributed by atoms with Crippen molar-refractivity contribution >= 4 is 12.1 Å². The van der Waals surface area contributed by atoms with E-state index in [1.165, 1.54) is 4.90 Å². The Bertz CT molecular complexity index is 1040. The van der Waals surface area contributed by atoms with Crippen LogP contribution in [-0.4, -0.2) is 60.4 Å². The summed E-state index contributed by atoms with van der Waals surface area (Å²) in [6, 6.07) is 10.3. The van der Waals surface area contributed by atoms with Gasteiger partial charge in [0.25, 0.3) is 0 Å². The molecule has 1 N–H and O–H groups in total. The van der Waals surface area contributed by atoms with E-state index < -0.39 is 35.8 Å². The van der Waals surface area contributed by atoms with E-state index >= 15 is 0 Å². The molecule has 2 rings (SSSR count). The molecular weight excluding hydrogens is 529 g/mol. The number of alkyl halides is 5. The van der Waals surface area contributed by atoms with Crippen molar-refractivity contribution in [3.05, 3.63) is 59.7 Å². The molecule has 0 heterocycles. The maximum Gasteiger partial charge on any atom is 0.416 e. The predicted molar refractivity (Wildman–Crippen MR) is 132 cm³/mol. The molecule has 0 bridgehead atoms. The molecule has 0 aromatic heterocycles. The highest BCUT2D eigenvalue weighted by molar-refractivity contribution is 5.72. The second kappa shape index (κ2) is 14.7. The molecular formula is C27H32F5NO6. The zero-order valence-electron chi connectivity index (χ0n) is 21.7. The highest BCUT2D eigenvalue weighted by Gasteiger charge is 2.30. The molecule has 1 amide bonds. The van der Waals surface area contributed by atoms with Gasteiger partial charge in [-0.05, 0) is 68.7 Å². The van der Waals surface area contributed by atoms with E-state index in [1.54, 1.807) is 31.2 Å². The van der Waals surface area contributed by atoms with E-state index in [1.807, 2.05) is 0 Å². The monoisotopic (exact) mass is 561 g/mol. The topological polar surface area (TPSA) is 85.3 Å². The van der Waals surface area contributed by atoms with Gasteiger partial charge in [0, 0.05) is 26.0 Å². The summed E-state index contributed by atoms with van der Waals surface area (Å²) in [7, 11) is 0. The lowest BCUT2D eigenvalue weighted by molar-refractivity contribution is -0.150. The summed E-state index contributed by atoms with van der Waals surface area (Å²) in [6.45, 7) is 2.88. The Labute approximate surface area is 223 Å². The standard InChI is InChI=1S/C27H32F5NO6/c1-3-37-23(24(34)35)18-19-6-10-21(11-7-19)38-17-16-33(15-5-4-14-26(2,28)29)25(36)39-22-12-8-20(9-13-22)27(30,31)32/h6-13,23H,3-5,14-18H2,1-2H3,(H,34,35). The molecule has 2 aromatic carbocycles. The van der Waals surface area contributed by atoms with E-state index in [9.17, 15) is 36.6 Å². The number of carbonyl (C=O) groups is 2. The van der Waals surface area contributed by atoms with Gasteiger partial charge in [-0.25, -0.2) is 18.4 Å². The summed E-state index contributed by atoms with van der Waals surface area (Å²) in [4.78, 5) is 25.2. The summed E-state index contributed by atoms with van der Waals surface area (Å²) in [5.74, 6) is -3.55. The first-order valence-corrected chi connectivity index (χ1v) is 12.4. The maximum atomic E-state index is 13.1. The van der Waals surface area contributed by atoms with Crippen LogP contribution in [0.4, 0.5) is 26.7 Å². The molecule has 0 aliphatic heterocycles. The van der Waals surface area contributed by atoms with Crippen LogP contribution in [0, 0.1) is 0 Å². The van der Waals surface area contributed by atoms with Gasteiger partial charge in [0.1, 0.15) is 18.1 Å². The lowest BCUT2D eigenvalue weighted by Gasteiger charge is -2.22. The molecule has 39 heavy (non-hydrogen) atoms. The zero-order valence-corrected chi connectivity index (χ0v) is 21.7. The van der Waals surface area contributed by atoms with Crippen LogP contribution in [0.5, 0.6) is 11.5 Å².